The van der Waals surface area contributed by atoms with Crippen LogP contribution in [0.2, 0.25) is 15.3 Å². The van der Waals surface area contributed by atoms with Crippen LogP contribution in [0.15, 0.2) is 0 Å². The van der Waals surface area contributed by atoms with Gasteiger partial charge in [-0.1, -0.05) is 54.9 Å². The molecule has 1 unspecified atom stereocenters. The van der Waals surface area contributed by atoms with Gasteiger partial charge in [-0.25, -0.2) is 0 Å². The Morgan fingerprint density at radius 3 is 2.60 bits per heavy atom. The van der Waals surface area contributed by atoms with E-state index in [1.807, 2.05) is 0 Å². The SMILES string of the molecule is C[CH2][Al]1[CH2]CC[CH]1C(C)C. The maximum Gasteiger partial charge on any atom is 0.265 e. The van der Waals surface area contributed by atoms with Crippen LogP contribution in [0.25, 0.3) is 0 Å². The molecule has 0 aromatic carbocycles. The molecule has 1 fully saturated rings. The van der Waals surface area contributed by atoms with Gasteiger partial charge in [0, 0.05) is 0 Å². The van der Waals surface area contributed by atoms with Crippen LogP contribution in [-0.4, -0.2) is 14.1 Å². The van der Waals surface area contributed by atoms with E-state index < -0.39 is 0 Å². The van der Waals surface area contributed by atoms with Crippen LogP contribution in [0.3, 0.4) is 0 Å². The number of hydrogen-bond acceptors (Lipinski definition) is 0. The quantitative estimate of drug-likeness (QED) is 0.535. The molecule has 0 amide bonds. The van der Waals surface area contributed by atoms with E-state index in [2.05, 4.69) is 20.8 Å². The molecule has 1 aliphatic rings. The molecule has 0 spiro atoms. The van der Waals surface area contributed by atoms with Crippen molar-refractivity contribution >= 4 is 14.1 Å². The standard InChI is InChI=1S/C7H14.C2H5.Al/c1-4-5-6-7(2)3;1-2;/h6-7H,1,4-5H2,2-3H3;1H2,2H3;. The van der Waals surface area contributed by atoms with Crippen LogP contribution in [0, 0.1) is 5.92 Å². The lowest BCUT2D eigenvalue weighted by Crippen LogP contribution is -2.16. The summed E-state index contributed by atoms with van der Waals surface area (Å²) in [6.45, 7) is 7.22. The Bertz CT molecular complexity index is 98.9. The van der Waals surface area contributed by atoms with E-state index in [9.17, 15) is 0 Å². The summed E-state index contributed by atoms with van der Waals surface area (Å²) in [5, 5.41) is 3.18. The van der Waals surface area contributed by atoms with Crippen LogP contribution in [-0.2, 0) is 0 Å². The van der Waals surface area contributed by atoms with Gasteiger partial charge in [-0.15, -0.1) is 0 Å². The Morgan fingerprint density at radius 1 is 1.50 bits per heavy atom. The van der Waals surface area contributed by atoms with Crippen molar-refractivity contribution in [2.45, 2.75) is 49.0 Å². The second-order valence-electron chi connectivity index (χ2n) is 4.01. The monoisotopic (exact) mass is 154 g/mol. The van der Waals surface area contributed by atoms with Gasteiger partial charge in [0.05, 0.1) is 0 Å². The highest BCUT2D eigenvalue weighted by molar-refractivity contribution is 6.61. The second-order valence-corrected chi connectivity index (χ2v) is 7.78. The first kappa shape index (κ1) is 8.63. The molecule has 0 nitrogen and oxygen atoms in total. The molecule has 58 valence electrons. The topological polar surface area (TPSA) is 0 Å². The molecule has 1 heteroatoms. The van der Waals surface area contributed by atoms with Gasteiger partial charge in [-0.05, 0) is 0 Å². The van der Waals surface area contributed by atoms with E-state index >= 15 is 0 Å². The van der Waals surface area contributed by atoms with Crippen LogP contribution in [0.5, 0.6) is 0 Å². The molecular formula is C9H19Al. The highest BCUT2D eigenvalue weighted by Gasteiger charge is 2.32. The summed E-state index contributed by atoms with van der Waals surface area (Å²) in [7, 11) is 0. The Hall–Kier alpha value is 0.532. The molecule has 0 aromatic heterocycles. The van der Waals surface area contributed by atoms with E-state index in [4.69, 9.17) is 0 Å². The third-order valence-corrected chi connectivity index (χ3v) is 7.61. The van der Waals surface area contributed by atoms with Crippen LogP contribution >= 0.6 is 0 Å². The molecule has 1 atom stereocenters. The average molecular weight is 154 g/mol. The zero-order valence-electron chi connectivity index (χ0n) is 7.56. The van der Waals surface area contributed by atoms with Gasteiger partial charge in [0.25, 0.3) is 14.1 Å². The summed E-state index contributed by atoms with van der Waals surface area (Å²) >= 11 is -0.233. The van der Waals surface area contributed by atoms with Crippen molar-refractivity contribution in [3.05, 3.63) is 0 Å². The summed E-state index contributed by atoms with van der Waals surface area (Å²) in [6.07, 6.45) is 3.11. The normalized spacial score (nSPS) is 26.4. The van der Waals surface area contributed by atoms with Crippen molar-refractivity contribution in [3.63, 3.8) is 0 Å². The lowest BCUT2D eigenvalue weighted by atomic mass is 10.1. The van der Waals surface area contributed by atoms with E-state index in [-0.39, 0.29) is 14.1 Å². The van der Waals surface area contributed by atoms with E-state index in [1.165, 1.54) is 4.78 Å². The molecule has 0 N–H and O–H groups in total. The second kappa shape index (κ2) is 3.79. The highest BCUT2D eigenvalue weighted by atomic mass is 27.2. The molecular weight excluding hydrogens is 135 g/mol. The van der Waals surface area contributed by atoms with E-state index in [0.29, 0.717) is 0 Å². The third kappa shape index (κ3) is 1.77. The smallest absolute Gasteiger partial charge is 0.0965 e. The summed E-state index contributed by atoms with van der Waals surface area (Å²) in [5.74, 6) is 0.985. The van der Waals surface area contributed by atoms with Crippen LogP contribution in [0.1, 0.15) is 33.6 Å². The molecule has 10 heavy (non-hydrogen) atoms. The Balaban J connectivity index is 2.42. The molecule has 0 bridgehead atoms. The van der Waals surface area contributed by atoms with Gasteiger partial charge in [-0.2, -0.15) is 0 Å². The Labute approximate surface area is 69.4 Å². The largest absolute Gasteiger partial charge is 0.265 e. The Morgan fingerprint density at radius 2 is 2.20 bits per heavy atom. The first-order valence-corrected chi connectivity index (χ1v) is 7.05. The summed E-state index contributed by atoms with van der Waals surface area (Å²) in [6, 6.07) is 0. The molecule has 0 saturated carbocycles. The number of hydrogen-bond donors (Lipinski definition) is 0. The molecule has 1 heterocycles. The number of rotatable bonds is 2. The van der Waals surface area contributed by atoms with Crippen LogP contribution < -0.4 is 0 Å². The molecule has 0 aromatic rings. The first-order valence-electron chi connectivity index (χ1n) is 4.75. The van der Waals surface area contributed by atoms with E-state index in [0.717, 1.165) is 5.92 Å². The molecule has 0 aliphatic carbocycles. The van der Waals surface area contributed by atoms with Crippen molar-refractivity contribution in [2.24, 2.45) is 5.92 Å². The maximum absolute atomic E-state index is 2.41. The zero-order chi connectivity index (χ0) is 7.56. The average Bonchev–Trinajstić information content (AvgIpc) is 2.33. The minimum Gasteiger partial charge on any atom is -0.0965 e. The van der Waals surface area contributed by atoms with Gasteiger partial charge < -0.3 is 0 Å². The van der Waals surface area contributed by atoms with Gasteiger partial charge in [0.15, 0.2) is 0 Å². The molecule has 1 aliphatic heterocycles. The fourth-order valence-corrected chi connectivity index (χ4v) is 6.45. The van der Waals surface area contributed by atoms with E-state index in [1.54, 1.807) is 23.4 Å². The maximum atomic E-state index is 2.41. The zero-order valence-corrected chi connectivity index (χ0v) is 8.72. The fraction of sp³-hybridized carbons (Fsp3) is 1.00. The van der Waals surface area contributed by atoms with Crippen molar-refractivity contribution in [2.75, 3.05) is 0 Å². The van der Waals surface area contributed by atoms with Gasteiger partial charge in [-0.3, -0.25) is 0 Å². The predicted molar refractivity (Wildman–Crippen MR) is 48.9 cm³/mol. The van der Waals surface area contributed by atoms with Gasteiger partial charge >= 0.3 is 0 Å². The minimum atomic E-state index is -0.233. The van der Waals surface area contributed by atoms with Crippen molar-refractivity contribution in [1.82, 2.24) is 0 Å². The first-order chi connectivity index (χ1) is 4.75. The summed E-state index contributed by atoms with van der Waals surface area (Å²) in [5.41, 5.74) is 0. The molecule has 1 rings (SSSR count). The fourth-order valence-electron chi connectivity index (χ4n) is 2.45. The third-order valence-electron chi connectivity index (χ3n) is 3.10. The lowest BCUT2D eigenvalue weighted by molar-refractivity contribution is 0.564. The van der Waals surface area contributed by atoms with Crippen LogP contribution in [0.4, 0.5) is 0 Å². The van der Waals surface area contributed by atoms with Crippen molar-refractivity contribution in [1.29, 1.82) is 0 Å². The highest BCUT2D eigenvalue weighted by Crippen LogP contribution is 2.38. The Kier molecular flexibility index (Phi) is 3.27. The van der Waals surface area contributed by atoms with Crippen molar-refractivity contribution in [3.8, 4) is 0 Å². The molecule has 1 saturated heterocycles. The lowest BCUT2D eigenvalue weighted by Gasteiger charge is -2.17. The van der Waals surface area contributed by atoms with Gasteiger partial charge in [0.1, 0.15) is 0 Å². The predicted octanol–water partition coefficient (Wildman–Crippen LogP) is 3.32. The van der Waals surface area contributed by atoms with Crippen molar-refractivity contribution < 1.29 is 0 Å². The summed E-state index contributed by atoms with van der Waals surface area (Å²) < 4.78 is 1.19. The summed E-state index contributed by atoms with van der Waals surface area (Å²) in [4.78, 5) is 0. The minimum absolute atomic E-state index is 0.233. The van der Waals surface area contributed by atoms with Gasteiger partial charge in [0.2, 0.25) is 0 Å². The molecule has 0 radical (unpaired) electrons.